The van der Waals surface area contributed by atoms with Crippen molar-refractivity contribution in [1.29, 1.82) is 0 Å². The Morgan fingerprint density at radius 2 is 1.89 bits per heavy atom. The predicted molar refractivity (Wildman–Crippen MR) is 97.6 cm³/mol. The van der Waals surface area contributed by atoms with Crippen molar-refractivity contribution in [2.45, 2.75) is 6.92 Å². The zero-order chi connectivity index (χ0) is 18.5. The first kappa shape index (κ1) is 15.4. The molecule has 0 radical (unpaired) electrons. The van der Waals surface area contributed by atoms with Crippen molar-refractivity contribution in [3.63, 3.8) is 0 Å². The minimum Gasteiger partial charge on any atom is -0.361 e. The summed E-state index contributed by atoms with van der Waals surface area (Å²) in [6, 6.07) is 9.70. The average Bonchev–Trinajstić information content (AvgIpc) is 3.39. The van der Waals surface area contributed by atoms with Crippen molar-refractivity contribution in [2.24, 2.45) is 7.05 Å². The number of aromatic nitrogens is 8. The van der Waals surface area contributed by atoms with Crippen LogP contribution < -0.4 is 4.90 Å². The Hall–Kier alpha value is -3.82. The molecular weight excluding hydrogens is 346 g/mol. The van der Waals surface area contributed by atoms with Crippen LogP contribution in [0.4, 0.5) is 11.8 Å². The fraction of sp³-hybridized carbons (Fsp3) is 0.176. The number of rotatable bonds is 3. The van der Waals surface area contributed by atoms with Crippen molar-refractivity contribution < 1.29 is 4.52 Å². The zero-order valence-electron chi connectivity index (χ0n) is 14.9. The van der Waals surface area contributed by atoms with Crippen molar-refractivity contribution in [2.75, 3.05) is 11.9 Å². The normalized spacial score (nSPS) is 11.5. The van der Waals surface area contributed by atoms with Gasteiger partial charge in [0.1, 0.15) is 12.1 Å². The summed E-state index contributed by atoms with van der Waals surface area (Å²) in [5.41, 5.74) is 1.22. The van der Waals surface area contributed by atoms with E-state index in [2.05, 4.69) is 25.4 Å². The molecule has 0 spiro atoms. The lowest BCUT2D eigenvalue weighted by molar-refractivity contribution is 0.399. The molecule has 27 heavy (non-hydrogen) atoms. The molecule has 5 aromatic rings. The zero-order valence-corrected chi connectivity index (χ0v) is 14.9. The Labute approximate surface area is 153 Å². The molecule has 134 valence electrons. The van der Waals surface area contributed by atoms with Crippen LogP contribution in [0.25, 0.3) is 27.9 Å². The molecule has 0 saturated heterocycles. The van der Waals surface area contributed by atoms with Gasteiger partial charge in [0.15, 0.2) is 17.2 Å². The largest absolute Gasteiger partial charge is 0.361 e. The van der Waals surface area contributed by atoms with Gasteiger partial charge in [0.05, 0.1) is 0 Å². The van der Waals surface area contributed by atoms with Crippen LogP contribution in [0.2, 0.25) is 0 Å². The molecule has 0 atom stereocenters. The maximum atomic E-state index is 5.18. The van der Waals surface area contributed by atoms with Crippen molar-refractivity contribution >= 4 is 28.2 Å². The van der Waals surface area contributed by atoms with Crippen molar-refractivity contribution in [3.8, 4) is 11.5 Å². The van der Waals surface area contributed by atoms with E-state index >= 15 is 0 Å². The van der Waals surface area contributed by atoms with Gasteiger partial charge in [-0.15, -0.1) is 20.4 Å². The number of anilines is 2. The van der Waals surface area contributed by atoms with Crippen LogP contribution in [-0.4, -0.2) is 46.8 Å². The lowest BCUT2D eigenvalue weighted by atomic mass is 10.2. The molecule has 10 heteroatoms. The number of hydrogen-bond acceptors (Lipinski definition) is 8. The maximum Gasteiger partial charge on any atom is 0.250 e. The topological polar surface area (TPSA) is 103 Å². The Morgan fingerprint density at radius 1 is 1.07 bits per heavy atom. The molecule has 0 amide bonds. The molecule has 5 rings (SSSR count). The summed E-state index contributed by atoms with van der Waals surface area (Å²) in [6.45, 7) is 1.83. The van der Waals surface area contributed by atoms with Gasteiger partial charge in [-0.2, -0.15) is 4.52 Å². The van der Waals surface area contributed by atoms with Crippen LogP contribution in [0.5, 0.6) is 0 Å². The summed E-state index contributed by atoms with van der Waals surface area (Å²) in [7, 11) is 3.70. The number of benzene rings is 1. The molecule has 1 aromatic carbocycles. The SMILES string of the molecule is Cc1cc(-c2nnc3c4ccccc4c(N(C)c4ncn(C)n4)nn23)no1. The van der Waals surface area contributed by atoms with Gasteiger partial charge in [-0.3, -0.25) is 9.58 Å². The molecule has 0 fully saturated rings. The smallest absolute Gasteiger partial charge is 0.250 e. The third-order valence-electron chi connectivity index (χ3n) is 4.31. The average molecular weight is 361 g/mol. The van der Waals surface area contributed by atoms with E-state index in [9.17, 15) is 0 Å². The summed E-state index contributed by atoms with van der Waals surface area (Å²) in [5.74, 6) is 2.43. The molecule has 0 bridgehead atoms. The summed E-state index contributed by atoms with van der Waals surface area (Å²) >= 11 is 0. The Bertz CT molecular complexity index is 1280. The lowest BCUT2D eigenvalue weighted by Crippen LogP contribution is -2.15. The summed E-state index contributed by atoms with van der Waals surface area (Å²) in [4.78, 5) is 6.15. The first-order valence-corrected chi connectivity index (χ1v) is 8.29. The van der Waals surface area contributed by atoms with Gasteiger partial charge in [0, 0.05) is 30.9 Å². The van der Waals surface area contributed by atoms with E-state index in [1.54, 1.807) is 21.6 Å². The van der Waals surface area contributed by atoms with Gasteiger partial charge in [0.2, 0.25) is 11.8 Å². The van der Waals surface area contributed by atoms with Crippen LogP contribution in [0.3, 0.4) is 0 Å². The summed E-state index contributed by atoms with van der Waals surface area (Å²) in [5, 5.41) is 23.6. The number of hydrogen-bond donors (Lipinski definition) is 0. The Morgan fingerprint density at radius 3 is 2.59 bits per heavy atom. The number of aryl methyl sites for hydroxylation is 2. The molecule has 0 saturated carbocycles. The second-order valence-corrected chi connectivity index (χ2v) is 6.23. The molecule has 4 heterocycles. The highest BCUT2D eigenvalue weighted by Crippen LogP contribution is 2.31. The Balaban J connectivity index is 1.80. The van der Waals surface area contributed by atoms with Crippen molar-refractivity contribution in [3.05, 3.63) is 42.4 Å². The highest BCUT2D eigenvalue weighted by molar-refractivity contribution is 6.01. The third-order valence-corrected chi connectivity index (χ3v) is 4.31. The minimum atomic E-state index is 0.510. The van der Waals surface area contributed by atoms with Gasteiger partial charge in [-0.1, -0.05) is 29.4 Å². The van der Waals surface area contributed by atoms with E-state index in [0.29, 0.717) is 34.7 Å². The molecule has 4 aromatic heterocycles. The third kappa shape index (κ3) is 2.34. The number of nitrogens with zero attached hydrogens (tertiary/aromatic N) is 9. The fourth-order valence-corrected chi connectivity index (χ4v) is 3.02. The van der Waals surface area contributed by atoms with Gasteiger partial charge in [0.25, 0.3) is 0 Å². The van der Waals surface area contributed by atoms with Gasteiger partial charge in [-0.05, 0) is 6.92 Å². The molecule has 0 N–H and O–H groups in total. The monoisotopic (exact) mass is 361 g/mol. The molecule has 10 nitrogen and oxygen atoms in total. The van der Waals surface area contributed by atoms with Crippen LogP contribution in [0, 0.1) is 6.92 Å². The van der Waals surface area contributed by atoms with Gasteiger partial charge in [-0.25, -0.2) is 4.98 Å². The van der Waals surface area contributed by atoms with Crippen LogP contribution in [0.1, 0.15) is 5.76 Å². The van der Waals surface area contributed by atoms with Crippen LogP contribution >= 0.6 is 0 Å². The fourth-order valence-electron chi connectivity index (χ4n) is 3.02. The molecule has 0 aliphatic carbocycles. The molecular formula is C17H15N9O. The predicted octanol–water partition coefficient (Wildman–Crippen LogP) is 2.14. The van der Waals surface area contributed by atoms with Gasteiger partial charge < -0.3 is 4.52 Å². The van der Waals surface area contributed by atoms with E-state index in [1.807, 2.05) is 50.2 Å². The van der Waals surface area contributed by atoms with Crippen LogP contribution in [0.15, 0.2) is 41.2 Å². The standard InChI is InChI=1S/C17H15N9O/c1-10-8-13(23-27-10)16-20-19-14-11-6-4-5-7-12(11)15(21-26(14)16)25(3)17-18-9-24(2)22-17/h4-9H,1-3H3. The second kappa shape index (κ2) is 5.59. The second-order valence-electron chi connectivity index (χ2n) is 6.23. The van der Waals surface area contributed by atoms with E-state index in [4.69, 9.17) is 9.62 Å². The van der Waals surface area contributed by atoms with Gasteiger partial charge >= 0.3 is 0 Å². The maximum absolute atomic E-state index is 5.18. The quantitative estimate of drug-likeness (QED) is 0.481. The van der Waals surface area contributed by atoms with E-state index in [-0.39, 0.29) is 0 Å². The summed E-state index contributed by atoms with van der Waals surface area (Å²) < 4.78 is 8.51. The molecule has 0 unspecified atom stereocenters. The van der Waals surface area contributed by atoms with E-state index in [1.165, 1.54) is 0 Å². The van der Waals surface area contributed by atoms with E-state index < -0.39 is 0 Å². The first-order valence-electron chi connectivity index (χ1n) is 8.29. The number of fused-ring (bicyclic) bond motifs is 3. The molecule has 0 aliphatic heterocycles. The molecule has 0 aliphatic rings. The van der Waals surface area contributed by atoms with E-state index in [0.717, 1.165) is 10.8 Å². The highest BCUT2D eigenvalue weighted by atomic mass is 16.5. The van der Waals surface area contributed by atoms with Crippen molar-refractivity contribution in [1.82, 2.24) is 39.7 Å². The lowest BCUT2D eigenvalue weighted by Gasteiger charge is -2.16. The van der Waals surface area contributed by atoms with Crippen LogP contribution in [-0.2, 0) is 7.05 Å². The summed E-state index contributed by atoms with van der Waals surface area (Å²) in [6.07, 6.45) is 1.65. The highest BCUT2D eigenvalue weighted by Gasteiger charge is 2.20. The Kier molecular flexibility index (Phi) is 3.20. The minimum absolute atomic E-state index is 0.510. The first-order chi connectivity index (χ1) is 13.1.